The third-order valence-corrected chi connectivity index (χ3v) is 7.78. The van der Waals surface area contributed by atoms with Crippen molar-refractivity contribution < 1.29 is 19.1 Å². The van der Waals surface area contributed by atoms with Crippen LogP contribution in [0.1, 0.15) is 62.8 Å². The molecule has 33 heavy (non-hydrogen) atoms. The molecule has 2 aliphatic rings. The molecule has 0 radical (unpaired) electrons. The number of hydrogen-bond donors (Lipinski definition) is 1. The minimum absolute atomic E-state index is 0.0801. The summed E-state index contributed by atoms with van der Waals surface area (Å²) in [5.74, 6) is 0.885. The molecular formula is C27H31NO4S. The molecule has 174 valence electrons. The first-order valence-corrected chi connectivity index (χ1v) is 12.0. The minimum atomic E-state index is -0.390. The Bertz CT molecular complexity index is 1190. The number of hydrogen-bond acceptors (Lipinski definition) is 5. The van der Waals surface area contributed by atoms with E-state index >= 15 is 0 Å². The van der Waals surface area contributed by atoms with Gasteiger partial charge in [0.25, 0.3) is 11.1 Å². The molecule has 0 atom stereocenters. The Kier molecular flexibility index (Phi) is 5.85. The molecule has 2 aromatic rings. The molecule has 1 saturated heterocycles. The highest BCUT2D eigenvalue weighted by atomic mass is 32.2. The van der Waals surface area contributed by atoms with Gasteiger partial charge in [-0.05, 0) is 82.8 Å². The molecule has 1 N–H and O–H groups in total. The van der Waals surface area contributed by atoms with Crippen LogP contribution in [0, 0.1) is 6.92 Å². The van der Waals surface area contributed by atoms with Crippen LogP contribution in [0.25, 0.3) is 17.2 Å². The number of nitrogens with one attached hydrogen (secondary N) is 1. The van der Waals surface area contributed by atoms with Crippen molar-refractivity contribution in [2.24, 2.45) is 0 Å². The van der Waals surface area contributed by atoms with E-state index in [1.54, 1.807) is 20.3 Å². The van der Waals surface area contributed by atoms with Crippen molar-refractivity contribution in [2.75, 3.05) is 14.2 Å². The third-order valence-electron chi connectivity index (χ3n) is 6.97. The summed E-state index contributed by atoms with van der Waals surface area (Å²) in [4.78, 5) is 24.1. The lowest BCUT2D eigenvalue weighted by atomic mass is 9.62. The lowest BCUT2D eigenvalue weighted by molar-refractivity contribution is -0.115. The number of fused-ring (bicyclic) bond motifs is 1. The number of methoxy groups -OCH3 is 2. The Morgan fingerprint density at radius 2 is 1.48 bits per heavy atom. The van der Waals surface area contributed by atoms with E-state index in [4.69, 9.17) is 9.47 Å². The summed E-state index contributed by atoms with van der Waals surface area (Å²) >= 11 is 0.895. The third kappa shape index (κ3) is 4.17. The van der Waals surface area contributed by atoms with Crippen LogP contribution >= 0.6 is 11.8 Å². The highest BCUT2D eigenvalue weighted by Gasteiger charge is 2.37. The molecule has 1 aliphatic carbocycles. The van der Waals surface area contributed by atoms with Crippen LogP contribution in [0.5, 0.6) is 11.5 Å². The van der Waals surface area contributed by atoms with Crippen LogP contribution in [0.2, 0.25) is 0 Å². The van der Waals surface area contributed by atoms with E-state index in [1.807, 2.05) is 12.1 Å². The fourth-order valence-corrected chi connectivity index (χ4v) is 5.49. The van der Waals surface area contributed by atoms with Gasteiger partial charge in [-0.15, -0.1) is 0 Å². The number of carbonyl (C=O) groups excluding carboxylic acids is 2. The van der Waals surface area contributed by atoms with Crippen LogP contribution < -0.4 is 14.8 Å². The van der Waals surface area contributed by atoms with Gasteiger partial charge in [0.2, 0.25) is 0 Å². The molecule has 0 spiro atoms. The van der Waals surface area contributed by atoms with Gasteiger partial charge in [-0.1, -0.05) is 33.8 Å². The van der Waals surface area contributed by atoms with E-state index in [1.165, 1.54) is 16.7 Å². The van der Waals surface area contributed by atoms with E-state index in [-0.39, 0.29) is 16.1 Å². The Hall–Kier alpha value is -2.73. The molecule has 0 aromatic heterocycles. The molecular weight excluding hydrogens is 434 g/mol. The van der Waals surface area contributed by atoms with Crippen LogP contribution in [0.4, 0.5) is 4.79 Å². The smallest absolute Gasteiger partial charge is 0.290 e. The largest absolute Gasteiger partial charge is 0.496 e. The molecule has 5 nitrogen and oxygen atoms in total. The van der Waals surface area contributed by atoms with Crippen LogP contribution in [0.3, 0.4) is 0 Å². The standard InChI is InChI=1S/C27H31NO4S/c1-15-10-19-20(27(4,5)9-8-26(19,2)3)13-17(15)18-11-16(21(31-6)14-22(18)32-7)12-23-24(29)28-25(30)33-23/h10-14H,8-9H2,1-7H3,(H,28,29,30)/b23-12+. The highest BCUT2D eigenvalue weighted by Crippen LogP contribution is 2.49. The van der Waals surface area contributed by atoms with Gasteiger partial charge in [-0.3, -0.25) is 14.9 Å². The zero-order valence-electron chi connectivity index (χ0n) is 20.3. The first kappa shape index (κ1) is 23.4. The number of imide groups is 1. The lowest BCUT2D eigenvalue weighted by Gasteiger charge is -2.42. The summed E-state index contributed by atoms with van der Waals surface area (Å²) in [6.07, 6.45) is 3.99. The van der Waals surface area contributed by atoms with Gasteiger partial charge in [0.15, 0.2) is 0 Å². The Labute approximate surface area is 199 Å². The maximum absolute atomic E-state index is 12.1. The second-order valence-electron chi connectivity index (χ2n) is 10.1. The first-order valence-electron chi connectivity index (χ1n) is 11.1. The van der Waals surface area contributed by atoms with Gasteiger partial charge >= 0.3 is 0 Å². The monoisotopic (exact) mass is 465 g/mol. The van der Waals surface area contributed by atoms with Gasteiger partial charge in [0.1, 0.15) is 11.5 Å². The number of benzene rings is 2. The zero-order chi connectivity index (χ0) is 24.1. The van der Waals surface area contributed by atoms with E-state index in [2.05, 4.69) is 52.1 Å². The van der Waals surface area contributed by atoms with Gasteiger partial charge in [-0.2, -0.15) is 0 Å². The zero-order valence-corrected chi connectivity index (χ0v) is 21.2. The molecule has 2 amide bonds. The summed E-state index contributed by atoms with van der Waals surface area (Å²) in [6.45, 7) is 11.4. The number of carbonyl (C=O) groups is 2. The Morgan fingerprint density at radius 1 is 0.879 bits per heavy atom. The summed E-state index contributed by atoms with van der Waals surface area (Å²) < 4.78 is 11.3. The Balaban J connectivity index is 1.93. The van der Waals surface area contributed by atoms with Crippen molar-refractivity contribution in [3.8, 4) is 22.6 Å². The molecule has 2 aromatic carbocycles. The Morgan fingerprint density at radius 3 is 2.03 bits per heavy atom. The fourth-order valence-electron chi connectivity index (χ4n) is 4.82. The van der Waals surface area contributed by atoms with Gasteiger partial charge in [0.05, 0.1) is 19.1 Å². The summed E-state index contributed by atoms with van der Waals surface area (Å²) in [5.41, 5.74) is 6.91. The van der Waals surface area contributed by atoms with Crippen LogP contribution in [-0.2, 0) is 15.6 Å². The number of amides is 2. The molecule has 0 unspecified atom stereocenters. The van der Waals surface area contributed by atoms with Crippen LogP contribution in [0.15, 0.2) is 29.2 Å². The predicted octanol–water partition coefficient (Wildman–Crippen LogP) is 6.35. The van der Waals surface area contributed by atoms with Gasteiger partial charge in [0, 0.05) is 17.2 Å². The topological polar surface area (TPSA) is 64.6 Å². The van der Waals surface area contributed by atoms with E-state index in [9.17, 15) is 9.59 Å². The van der Waals surface area contributed by atoms with Crippen molar-refractivity contribution in [3.05, 3.63) is 51.4 Å². The van der Waals surface area contributed by atoms with Crippen molar-refractivity contribution in [3.63, 3.8) is 0 Å². The second-order valence-corrected chi connectivity index (χ2v) is 11.1. The van der Waals surface area contributed by atoms with Crippen LogP contribution in [-0.4, -0.2) is 25.4 Å². The van der Waals surface area contributed by atoms with Gasteiger partial charge < -0.3 is 9.47 Å². The predicted molar refractivity (Wildman–Crippen MR) is 134 cm³/mol. The first-order chi connectivity index (χ1) is 15.5. The number of ether oxygens (including phenoxy) is 2. The molecule has 6 heteroatoms. The fraction of sp³-hybridized carbons (Fsp3) is 0.407. The minimum Gasteiger partial charge on any atom is -0.496 e. The maximum Gasteiger partial charge on any atom is 0.290 e. The number of thioether (sulfide) groups is 1. The maximum atomic E-state index is 12.1. The molecule has 1 heterocycles. The highest BCUT2D eigenvalue weighted by molar-refractivity contribution is 8.18. The SMILES string of the molecule is COc1cc(OC)c(-c2cc3c(cc2C)C(C)(C)CCC3(C)C)cc1/C=C1/SC(=O)NC1=O. The van der Waals surface area contributed by atoms with Crippen molar-refractivity contribution in [1.82, 2.24) is 5.32 Å². The van der Waals surface area contributed by atoms with Gasteiger partial charge in [-0.25, -0.2) is 0 Å². The number of rotatable bonds is 4. The molecule has 0 saturated carbocycles. The van der Waals surface area contributed by atoms with E-state index in [0.717, 1.165) is 41.3 Å². The van der Waals surface area contributed by atoms with E-state index in [0.29, 0.717) is 16.4 Å². The second kappa shape index (κ2) is 8.24. The lowest BCUT2D eigenvalue weighted by Crippen LogP contribution is -2.34. The van der Waals surface area contributed by atoms with Crippen molar-refractivity contribution >= 4 is 29.0 Å². The quantitative estimate of drug-likeness (QED) is 0.533. The summed E-state index contributed by atoms with van der Waals surface area (Å²) in [6, 6.07) is 8.46. The molecule has 4 rings (SSSR count). The molecule has 0 bridgehead atoms. The van der Waals surface area contributed by atoms with Crippen molar-refractivity contribution in [2.45, 2.75) is 58.3 Å². The van der Waals surface area contributed by atoms with E-state index < -0.39 is 5.91 Å². The molecule has 1 fully saturated rings. The average Bonchev–Trinajstić information content (AvgIpc) is 3.07. The summed E-state index contributed by atoms with van der Waals surface area (Å²) in [5, 5.41) is 1.94. The normalized spacial score (nSPS) is 19.9. The summed E-state index contributed by atoms with van der Waals surface area (Å²) in [7, 11) is 3.23. The molecule has 1 aliphatic heterocycles. The average molecular weight is 466 g/mol. The van der Waals surface area contributed by atoms with Crippen molar-refractivity contribution in [1.29, 1.82) is 0 Å². The number of aryl methyl sites for hydroxylation is 1.